The maximum Gasteiger partial charge on any atom is 0.319 e. The minimum Gasteiger partial charge on any atom is -0.481 e. The smallest absolute Gasteiger partial charge is 0.319 e. The van der Waals surface area contributed by atoms with E-state index in [0.717, 1.165) is 15.4 Å². The molecule has 2 rings (SSSR count). The first-order valence-electron chi connectivity index (χ1n) is 6.23. The number of hydrogen-bond acceptors (Lipinski definition) is 2. The Morgan fingerprint density at radius 1 is 1.25 bits per heavy atom. The summed E-state index contributed by atoms with van der Waals surface area (Å²) >= 11 is 6.69. The van der Waals surface area contributed by atoms with Gasteiger partial charge in [-0.05, 0) is 47.0 Å². The van der Waals surface area contributed by atoms with Crippen molar-refractivity contribution in [3.8, 4) is 0 Å². The van der Waals surface area contributed by atoms with E-state index in [1.165, 1.54) is 0 Å². The van der Waals surface area contributed by atoms with Crippen LogP contribution < -0.4 is 10.6 Å². The van der Waals surface area contributed by atoms with Crippen molar-refractivity contribution in [2.75, 3.05) is 5.32 Å². The zero-order valence-electron chi connectivity index (χ0n) is 10.5. The summed E-state index contributed by atoms with van der Waals surface area (Å²) in [5.41, 5.74) is 0.635. The number of urea groups is 1. The predicted octanol–water partition coefficient (Wildman–Crippen LogP) is 3.59. The number of anilines is 1. The molecule has 3 N–H and O–H groups in total. The van der Waals surface area contributed by atoms with Crippen LogP contribution in [-0.4, -0.2) is 23.1 Å². The molecule has 0 saturated heterocycles. The standard InChI is InChI=1S/C13H14Br2N2O3/c14-7-4-5-11(9(15)6-7)17-13(20)16-10-3-1-2-8(10)12(18)19/h4-6,8,10H,1-3H2,(H,18,19)(H2,16,17,20). The van der Waals surface area contributed by atoms with Crippen molar-refractivity contribution in [2.45, 2.75) is 25.3 Å². The fourth-order valence-electron chi connectivity index (χ4n) is 2.35. The first-order chi connectivity index (χ1) is 9.47. The fourth-order valence-corrected chi connectivity index (χ4v) is 3.49. The molecule has 1 aliphatic rings. The fraction of sp³-hybridized carbons (Fsp3) is 0.385. The summed E-state index contributed by atoms with van der Waals surface area (Å²) in [5.74, 6) is -1.34. The second-order valence-corrected chi connectivity index (χ2v) is 6.47. The number of carbonyl (C=O) groups is 2. The molecule has 0 aromatic heterocycles. The molecule has 2 atom stereocenters. The topological polar surface area (TPSA) is 78.4 Å². The Hall–Kier alpha value is -1.08. The molecule has 20 heavy (non-hydrogen) atoms. The Bertz CT molecular complexity index is 536. The second-order valence-electron chi connectivity index (χ2n) is 4.70. The Labute approximate surface area is 133 Å². The highest BCUT2D eigenvalue weighted by Crippen LogP contribution is 2.27. The molecule has 0 aliphatic heterocycles. The van der Waals surface area contributed by atoms with Gasteiger partial charge in [0.25, 0.3) is 0 Å². The van der Waals surface area contributed by atoms with Gasteiger partial charge in [-0.15, -0.1) is 0 Å². The Morgan fingerprint density at radius 2 is 2.00 bits per heavy atom. The molecule has 2 unspecified atom stereocenters. The van der Waals surface area contributed by atoms with Gasteiger partial charge >= 0.3 is 12.0 Å². The van der Waals surface area contributed by atoms with Gasteiger partial charge in [-0.3, -0.25) is 4.79 Å². The Morgan fingerprint density at radius 3 is 2.65 bits per heavy atom. The third-order valence-electron chi connectivity index (χ3n) is 3.33. The van der Waals surface area contributed by atoms with Crippen molar-refractivity contribution >= 4 is 49.5 Å². The predicted molar refractivity (Wildman–Crippen MR) is 82.8 cm³/mol. The average Bonchev–Trinajstić information content (AvgIpc) is 2.81. The Kier molecular flexibility index (Phi) is 5.04. The van der Waals surface area contributed by atoms with Crippen molar-refractivity contribution in [2.24, 2.45) is 5.92 Å². The van der Waals surface area contributed by atoms with E-state index in [2.05, 4.69) is 42.5 Å². The van der Waals surface area contributed by atoms with Gasteiger partial charge in [0.15, 0.2) is 0 Å². The molecule has 1 fully saturated rings. The lowest BCUT2D eigenvalue weighted by atomic mass is 10.0. The number of nitrogens with one attached hydrogen (secondary N) is 2. The largest absolute Gasteiger partial charge is 0.481 e. The number of carboxylic acid groups (broad SMARTS) is 1. The molecule has 1 aromatic carbocycles. The summed E-state index contributed by atoms with van der Waals surface area (Å²) in [6.45, 7) is 0. The SMILES string of the molecule is O=C(Nc1ccc(Br)cc1Br)NC1CCCC1C(=O)O. The third kappa shape index (κ3) is 3.73. The zero-order chi connectivity index (χ0) is 14.7. The van der Waals surface area contributed by atoms with Gasteiger partial charge in [0.2, 0.25) is 0 Å². The van der Waals surface area contributed by atoms with Crippen molar-refractivity contribution in [1.82, 2.24) is 5.32 Å². The highest BCUT2D eigenvalue weighted by molar-refractivity contribution is 9.11. The molecule has 0 radical (unpaired) electrons. The molecule has 1 saturated carbocycles. The van der Waals surface area contributed by atoms with Crippen molar-refractivity contribution in [3.05, 3.63) is 27.1 Å². The lowest BCUT2D eigenvalue weighted by Gasteiger charge is -2.18. The van der Waals surface area contributed by atoms with Gasteiger partial charge in [-0.2, -0.15) is 0 Å². The number of carboxylic acids is 1. The number of carbonyl (C=O) groups excluding carboxylic acids is 1. The molecule has 5 nitrogen and oxygen atoms in total. The average molecular weight is 406 g/mol. The number of hydrogen-bond donors (Lipinski definition) is 3. The first kappa shape index (κ1) is 15.3. The van der Waals surface area contributed by atoms with E-state index in [9.17, 15) is 9.59 Å². The van der Waals surface area contributed by atoms with Gasteiger partial charge in [-0.1, -0.05) is 22.4 Å². The number of aliphatic carboxylic acids is 1. The van der Waals surface area contributed by atoms with Crippen LogP contribution in [0.25, 0.3) is 0 Å². The summed E-state index contributed by atoms with van der Waals surface area (Å²) in [7, 11) is 0. The van der Waals surface area contributed by atoms with Crippen molar-refractivity contribution in [3.63, 3.8) is 0 Å². The molecule has 2 amide bonds. The molecule has 1 aromatic rings. The van der Waals surface area contributed by atoms with E-state index in [4.69, 9.17) is 5.11 Å². The minimum atomic E-state index is -0.849. The maximum absolute atomic E-state index is 11.9. The van der Waals surface area contributed by atoms with Gasteiger partial charge in [0.1, 0.15) is 0 Å². The highest BCUT2D eigenvalue weighted by Gasteiger charge is 2.33. The van der Waals surface area contributed by atoms with Crippen LogP contribution in [0.15, 0.2) is 27.1 Å². The van der Waals surface area contributed by atoms with Crippen LogP contribution in [0.2, 0.25) is 0 Å². The molecule has 0 spiro atoms. The van der Waals surface area contributed by atoms with Crippen LogP contribution >= 0.6 is 31.9 Å². The normalized spacial score (nSPS) is 21.5. The Balaban J connectivity index is 1.97. The van der Waals surface area contributed by atoms with Crippen LogP contribution in [0.3, 0.4) is 0 Å². The minimum absolute atomic E-state index is 0.304. The van der Waals surface area contributed by atoms with Gasteiger partial charge in [-0.25, -0.2) is 4.79 Å². The van der Waals surface area contributed by atoms with Crippen LogP contribution in [-0.2, 0) is 4.79 Å². The number of halogens is 2. The summed E-state index contributed by atoms with van der Waals surface area (Å²) < 4.78 is 1.65. The molecule has 1 aliphatic carbocycles. The summed E-state index contributed by atoms with van der Waals surface area (Å²) in [6.07, 6.45) is 2.14. The highest BCUT2D eigenvalue weighted by atomic mass is 79.9. The zero-order valence-corrected chi connectivity index (χ0v) is 13.7. The molecule has 0 bridgehead atoms. The first-order valence-corrected chi connectivity index (χ1v) is 7.81. The molecule has 0 heterocycles. The van der Waals surface area contributed by atoms with Crippen LogP contribution in [0.4, 0.5) is 10.5 Å². The number of amides is 2. The van der Waals surface area contributed by atoms with Gasteiger partial charge < -0.3 is 15.7 Å². The summed E-state index contributed by atoms with van der Waals surface area (Å²) in [5, 5.41) is 14.5. The summed E-state index contributed by atoms with van der Waals surface area (Å²) in [4.78, 5) is 23.0. The van der Waals surface area contributed by atoms with Gasteiger partial charge in [0.05, 0.1) is 11.6 Å². The third-order valence-corrected chi connectivity index (χ3v) is 4.48. The molecular weight excluding hydrogens is 392 g/mol. The lowest BCUT2D eigenvalue weighted by Crippen LogP contribution is -2.42. The van der Waals surface area contributed by atoms with Crippen molar-refractivity contribution < 1.29 is 14.7 Å². The van der Waals surface area contributed by atoms with E-state index in [1.54, 1.807) is 6.07 Å². The molecular formula is C13H14Br2N2O3. The number of benzene rings is 1. The van der Waals surface area contributed by atoms with E-state index < -0.39 is 11.9 Å². The van der Waals surface area contributed by atoms with E-state index in [0.29, 0.717) is 18.5 Å². The number of rotatable bonds is 3. The maximum atomic E-state index is 11.9. The van der Waals surface area contributed by atoms with Crippen LogP contribution in [0, 0.1) is 5.92 Å². The quantitative estimate of drug-likeness (QED) is 0.718. The van der Waals surface area contributed by atoms with E-state index in [1.807, 2.05) is 12.1 Å². The molecule has 7 heteroatoms. The van der Waals surface area contributed by atoms with Gasteiger partial charge in [0, 0.05) is 15.0 Å². The monoisotopic (exact) mass is 404 g/mol. The van der Waals surface area contributed by atoms with E-state index in [-0.39, 0.29) is 12.1 Å². The lowest BCUT2D eigenvalue weighted by molar-refractivity contribution is -0.142. The van der Waals surface area contributed by atoms with Crippen LogP contribution in [0.1, 0.15) is 19.3 Å². The van der Waals surface area contributed by atoms with E-state index >= 15 is 0 Å². The summed E-state index contributed by atoms with van der Waals surface area (Å²) in [6, 6.07) is 4.71. The molecule has 108 valence electrons. The van der Waals surface area contributed by atoms with Crippen molar-refractivity contribution in [1.29, 1.82) is 0 Å². The second kappa shape index (κ2) is 6.58. The van der Waals surface area contributed by atoms with Crippen LogP contribution in [0.5, 0.6) is 0 Å².